The average molecular weight is 386 g/mol. The summed E-state index contributed by atoms with van der Waals surface area (Å²) in [5.41, 5.74) is 1.09. The molecule has 0 radical (unpaired) electrons. The number of likely N-dealkylation sites (tertiary alicyclic amines) is 1. The normalized spacial score (nSPS) is 16.8. The molecule has 1 fully saturated rings. The number of piperidine rings is 1. The zero-order valence-electron chi connectivity index (χ0n) is 16.9. The minimum Gasteiger partial charge on any atom is -0.349 e. The van der Waals surface area contributed by atoms with Crippen molar-refractivity contribution in [3.63, 3.8) is 0 Å². The average Bonchev–Trinajstić information content (AvgIpc) is 3.15. The van der Waals surface area contributed by atoms with Crippen LogP contribution in [-0.4, -0.2) is 49.1 Å². The molecule has 1 aliphatic rings. The molecular formula is C20H31N7O. The molecule has 3 rings (SSSR count). The lowest BCUT2D eigenvalue weighted by Crippen LogP contribution is -2.33. The molecule has 2 aromatic heterocycles. The quantitative estimate of drug-likeness (QED) is 0.713. The minimum absolute atomic E-state index is 0.0283. The Morgan fingerprint density at radius 3 is 2.75 bits per heavy atom. The molecule has 3 heterocycles. The maximum absolute atomic E-state index is 12.4. The molecule has 1 atom stereocenters. The van der Waals surface area contributed by atoms with E-state index in [1.54, 1.807) is 12.4 Å². The molecule has 0 bridgehead atoms. The Morgan fingerprint density at radius 2 is 2.04 bits per heavy atom. The Morgan fingerprint density at radius 1 is 1.29 bits per heavy atom. The number of carbonyl (C=O) groups excluding carboxylic acids is 1. The standard InChI is InChI=1S/C20H31N7O/c1-3-18(17-6-10-21-11-7-17)22-20(28)5-4-12-27-19(23-24-25-27)15-26-13-8-16(2)9-14-26/h6-7,10-11,16,18H,3-5,8-9,12-15H2,1-2H3,(H,22,28)/t18-/m1/s1. The van der Waals surface area contributed by atoms with Gasteiger partial charge in [0, 0.05) is 25.4 Å². The SMILES string of the molecule is CC[C@@H](NC(=O)CCCn1nnnc1CN1CCC(C)CC1)c1ccncc1. The van der Waals surface area contributed by atoms with E-state index in [-0.39, 0.29) is 11.9 Å². The van der Waals surface area contributed by atoms with Crippen molar-refractivity contribution in [1.82, 2.24) is 35.4 Å². The number of hydrogen-bond acceptors (Lipinski definition) is 6. The summed E-state index contributed by atoms with van der Waals surface area (Å²) in [7, 11) is 0. The smallest absolute Gasteiger partial charge is 0.220 e. The van der Waals surface area contributed by atoms with Gasteiger partial charge >= 0.3 is 0 Å². The third-order valence-corrected chi connectivity index (χ3v) is 5.47. The Balaban J connectivity index is 1.43. The number of rotatable bonds is 9. The Kier molecular flexibility index (Phi) is 7.47. The van der Waals surface area contributed by atoms with Gasteiger partial charge in [0.05, 0.1) is 12.6 Å². The van der Waals surface area contributed by atoms with Crippen LogP contribution in [0.3, 0.4) is 0 Å². The number of nitrogens with zero attached hydrogens (tertiary/aromatic N) is 6. The fraction of sp³-hybridized carbons (Fsp3) is 0.650. The third-order valence-electron chi connectivity index (χ3n) is 5.47. The van der Waals surface area contributed by atoms with Crippen LogP contribution in [0.4, 0.5) is 0 Å². The number of amides is 1. The van der Waals surface area contributed by atoms with Crippen molar-refractivity contribution in [2.75, 3.05) is 13.1 Å². The fourth-order valence-corrected chi connectivity index (χ4v) is 3.60. The van der Waals surface area contributed by atoms with Gasteiger partial charge in [0.15, 0.2) is 5.82 Å². The molecule has 1 N–H and O–H groups in total. The molecule has 0 spiro atoms. The molecule has 1 amide bonds. The zero-order valence-corrected chi connectivity index (χ0v) is 16.9. The molecule has 8 heteroatoms. The topological polar surface area (TPSA) is 88.8 Å². The van der Waals surface area contributed by atoms with Crippen LogP contribution in [0.1, 0.15) is 63.4 Å². The Labute approximate surface area is 166 Å². The van der Waals surface area contributed by atoms with Crippen molar-refractivity contribution in [2.45, 2.75) is 65.1 Å². The van der Waals surface area contributed by atoms with Crippen molar-refractivity contribution in [1.29, 1.82) is 0 Å². The first-order valence-corrected chi connectivity index (χ1v) is 10.3. The van der Waals surface area contributed by atoms with E-state index in [0.717, 1.165) is 43.4 Å². The summed E-state index contributed by atoms with van der Waals surface area (Å²) in [5, 5.41) is 15.2. The molecule has 0 aromatic carbocycles. The van der Waals surface area contributed by atoms with Crippen LogP contribution in [0, 0.1) is 5.92 Å². The van der Waals surface area contributed by atoms with Crippen LogP contribution in [0.5, 0.6) is 0 Å². The lowest BCUT2D eigenvalue weighted by molar-refractivity contribution is -0.122. The summed E-state index contributed by atoms with van der Waals surface area (Å²) in [4.78, 5) is 18.8. The van der Waals surface area contributed by atoms with Crippen LogP contribution in [0.25, 0.3) is 0 Å². The van der Waals surface area contributed by atoms with E-state index >= 15 is 0 Å². The monoisotopic (exact) mass is 385 g/mol. The molecule has 0 aliphatic carbocycles. The van der Waals surface area contributed by atoms with E-state index < -0.39 is 0 Å². The molecule has 0 unspecified atom stereocenters. The van der Waals surface area contributed by atoms with Gasteiger partial charge in [0.2, 0.25) is 5.91 Å². The first-order chi connectivity index (χ1) is 13.7. The molecule has 28 heavy (non-hydrogen) atoms. The number of nitrogens with one attached hydrogen (secondary N) is 1. The number of aryl methyl sites for hydroxylation is 1. The first-order valence-electron chi connectivity index (χ1n) is 10.3. The van der Waals surface area contributed by atoms with Crippen LogP contribution in [0.2, 0.25) is 0 Å². The summed E-state index contributed by atoms with van der Waals surface area (Å²) in [5.74, 6) is 1.76. The Hall–Kier alpha value is -2.35. The second-order valence-electron chi connectivity index (χ2n) is 7.69. The van der Waals surface area contributed by atoms with E-state index in [1.165, 1.54) is 12.8 Å². The van der Waals surface area contributed by atoms with Crippen molar-refractivity contribution >= 4 is 5.91 Å². The fourth-order valence-electron chi connectivity index (χ4n) is 3.60. The molecule has 1 aliphatic heterocycles. The van der Waals surface area contributed by atoms with Crippen LogP contribution < -0.4 is 5.32 Å². The number of tetrazole rings is 1. The van der Waals surface area contributed by atoms with Gasteiger partial charge in [-0.05, 0) is 72.8 Å². The summed E-state index contributed by atoms with van der Waals surface area (Å²) in [6.07, 6.45) is 8.01. The lowest BCUT2D eigenvalue weighted by Gasteiger charge is -2.29. The van der Waals surface area contributed by atoms with Gasteiger partial charge in [-0.1, -0.05) is 13.8 Å². The summed E-state index contributed by atoms with van der Waals surface area (Å²) in [6.45, 7) is 8.02. The van der Waals surface area contributed by atoms with E-state index in [4.69, 9.17) is 0 Å². The van der Waals surface area contributed by atoms with Crippen molar-refractivity contribution in [3.8, 4) is 0 Å². The molecule has 1 saturated heterocycles. The highest BCUT2D eigenvalue weighted by atomic mass is 16.1. The predicted molar refractivity (Wildman–Crippen MR) is 106 cm³/mol. The van der Waals surface area contributed by atoms with E-state index in [9.17, 15) is 4.79 Å². The number of carbonyl (C=O) groups is 1. The molecule has 2 aromatic rings. The Bertz CT molecular complexity index is 725. The minimum atomic E-state index is 0.0283. The maximum Gasteiger partial charge on any atom is 0.220 e. The van der Waals surface area contributed by atoms with Gasteiger partial charge < -0.3 is 5.32 Å². The van der Waals surface area contributed by atoms with Crippen LogP contribution in [0.15, 0.2) is 24.5 Å². The van der Waals surface area contributed by atoms with Crippen molar-refractivity contribution in [3.05, 3.63) is 35.9 Å². The first kappa shape index (κ1) is 20.4. The van der Waals surface area contributed by atoms with Crippen LogP contribution in [-0.2, 0) is 17.9 Å². The molecule has 8 nitrogen and oxygen atoms in total. The zero-order chi connectivity index (χ0) is 19.8. The molecule has 0 saturated carbocycles. The predicted octanol–water partition coefficient (Wildman–Crippen LogP) is 2.35. The second-order valence-corrected chi connectivity index (χ2v) is 7.69. The largest absolute Gasteiger partial charge is 0.349 e. The number of hydrogen-bond donors (Lipinski definition) is 1. The second kappa shape index (κ2) is 10.3. The van der Waals surface area contributed by atoms with Crippen molar-refractivity contribution < 1.29 is 4.79 Å². The molecular weight excluding hydrogens is 354 g/mol. The van der Waals surface area contributed by atoms with E-state index in [1.807, 2.05) is 16.8 Å². The number of pyridine rings is 1. The highest BCUT2D eigenvalue weighted by Crippen LogP contribution is 2.18. The maximum atomic E-state index is 12.4. The summed E-state index contributed by atoms with van der Waals surface area (Å²) < 4.78 is 1.84. The van der Waals surface area contributed by atoms with Gasteiger partial charge in [0.1, 0.15) is 0 Å². The van der Waals surface area contributed by atoms with Gasteiger partial charge in [0.25, 0.3) is 0 Å². The van der Waals surface area contributed by atoms with Gasteiger partial charge in [-0.25, -0.2) is 4.68 Å². The van der Waals surface area contributed by atoms with Gasteiger partial charge in [-0.15, -0.1) is 5.10 Å². The highest BCUT2D eigenvalue weighted by Gasteiger charge is 2.18. The van der Waals surface area contributed by atoms with Crippen molar-refractivity contribution in [2.24, 2.45) is 5.92 Å². The van der Waals surface area contributed by atoms with Gasteiger partial charge in [-0.2, -0.15) is 0 Å². The number of aromatic nitrogens is 5. The van der Waals surface area contributed by atoms with E-state index in [2.05, 4.69) is 44.6 Å². The molecule has 152 valence electrons. The lowest BCUT2D eigenvalue weighted by atomic mass is 9.99. The van der Waals surface area contributed by atoms with E-state index in [0.29, 0.717) is 19.4 Å². The third kappa shape index (κ3) is 5.82. The van der Waals surface area contributed by atoms with Gasteiger partial charge in [-0.3, -0.25) is 14.7 Å². The summed E-state index contributed by atoms with van der Waals surface area (Å²) in [6, 6.07) is 3.92. The van der Waals surface area contributed by atoms with Crippen LogP contribution >= 0.6 is 0 Å². The summed E-state index contributed by atoms with van der Waals surface area (Å²) >= 11 is 0. The highest BCUT2D eigenvalue weighted by molar-refractivity contribution is 5.76.